The summed E-state index contributed by atoms with van der Waals surface area (Å²) in [7, 11) is 1.61. The number of methoxy groups -OCH3 is 1. The largest absolute Gasteiger partial charge is 0.497 e. The zero-order valence-corrected chi connectivity index (χ0v) is 23.3. The number of rotatable bonds is 7. The smallest absolute Gasteiger partial charge is 0.246 e. The van der Waals surface area contributed by atoms with Gasteiger partial charge in [0.15, 0.2) is 0 Å². The van der Waals surface area contributed by atoms with Gasteiger partial charge in [0.05, 0.1) is 25.0 Å². The van der Waals surface area contributed by atoms with Gasteiger partial charge in [-0.2, -0.15) is 0 Å². The minimum atomic E-state index is -1.19. The molecule has 8 nitrogen and oxygen atoms in total. The number of fused-ring (bicyclic) bond motifs is 1. The molecule has 3 amide bonds. The van der Waals surface area contributed by atoms with Crippen molar-refractivity contribution in [1.29, 1.82) is 0 Å². The molecule has 7 atom stereocenters. The van der Waals surface area contributed by atoms with Crippen LogP contribution >= 0.6 is 0 Å². The number of ether oxygens (including phenoxy) is 2. The number of aryl methyl sites for hydroxylation is 1. The maximum absolute atomic E-state index is 14.2. The van der Waals surface area contributed by atoms with Crippen LogP contribution in [0.15, 0.2) is 60.7 Å². The van der Waals surface area contributed by atoms with Crippen LogP contribution in [-0.2, 0) is 25.7 Å². The van der Waals surface area contributed by atoms with Crippen molar-refractivity contribution in [1.82, 2.24) is 10.2 Å². The van der Waals surface area contributed by atoms with E-state index in [0.29, 0.717) is 17.4 Å². The van der Waals surface area contributed by atoms with Gasteiger partial charge in [0.1, 0.15) is 17.4 Å². The number of likely N-dealkylation sites (tertiary alicyclic amines) is 1. The molecule has 0 radical (unpaired) electrons. The van der Waals surface area contributed by atoms with Gasteiger partial charge in [-0.15, -0.1) is 0 Å². The third kappa shape index (κ3) is 4.48. The van der Waals surface area contributed by atoms with Crippen molar-refractivity contribution in [2.45, 2.75) is 69.9 Å². The number of nitrogens with one attached hydrogen (secondary N) is 2. The average Bonchev–Trinajstić information content (AvgIpc) is 3.58. The van der Waals surface area contributed by atoms with Crippen molar-refractivity contribution < 1.29 is 23.9 Å². The Hall–Kier alpha value is -3.65. The molecule has 40 heavy (non-hydrogen) atoms. The minimum Gasteiger partial charge on any atom is -0.497 e. The topological polar surface area (TPSA) is 97.0 Å². The molecule has 2 N–H and O–H groups in total. The molecule has 210 valence electrons. The predicted molar refractivity (Wildman–Crippen MR) is 150 cm³/mol. The van der Waals surface area contributed by atoms with Gasteiger partial charge in [0.2, 0.25) is 17.7 Å². The number of carbonyl (C=O) groups excluding carboxylic acids is 3. The summed E-state index contributed by atoms with van der Waals surface area (Å²) in [6.45, 7) is 4.36. The number of nitrogens with zero attached hydrogens (tertiary/aromatic N) is 1. The predicted octanol–water partition coefficient (Wildman–Crippen LogP) is 3.99. The van der Waals surface area contributed by atoms with E-state index in [1.54, 1.807) is 12.0 Å². The van der Waals surface area contributed by atoms with Crippen LogP contribution in [0.4, 0.5) is 5.69 Å². The molecule has 3 fully saturated rings. The van der Waals surface area contributed by atoms with E-state index in [2.05, 4.69) is 17.6 Å². The Morgan fingerprint density at radius 2 is 1.88 bits per heavy atom. The number of hydrogen-bond acceptors (Lipinski definition) is 5. The molecule has 1 aliphatic carbocycles. The number of hydrogen-bond donors (Lipinski definition) is 2. The van der Waals surface area contributed by atoms with E-state index in [0.717, 1.165) is 36.8 Å². The van der Waals surface area contributed by atoms with E-state index >= 15 is 0 Å². The van der Waals surface area contributed by atoms with E-state index < -0.39 is 29.6 Å². The monoisotopic (exact) mass is 543 g/mol. The highest BCUT2D eigenvalue weighted by Crippen LogP contribution is 2.55. The molecule has 7 unspecified atom stereocenters. The summed E-state index contributed by atoms with van der Waals surface area (Å²) >= 11 is 0. The highest BCUT2D eigenvalue weighted by atomic mass is 16.5. The lowest BCUT2D eigenvalue weighted by molar-refractivity contribution is -0.142. The summed E-state index contributed by atoms with van der Waals surface area (Å²) < 4.78 is 11.8. The molecule has 1 spiro atoms. The third-order valence-electron chi connectivity index (χ3n) is 9.16. The first-order chi connectivity index (χ1) is 19.3. The van der Waals surface area contributed by atoms with Gasteiger partial charge in [0.25, 0.3) is 0 Å². The normalized spacial score (nSPS) is 32.2. The van der Waals surface area contributed by atoms with Crippen molar-refractivity contribution >= 4 is 23.4 Å². The van der Waals surface area contributed by atoms with Crippen LogP contribution in [0.3, 0.4) is 0 Å². The molecule has 3 heterocycles. The van der Waals surface area contributed by atoms with Gasteiger partial charge in [0, 0.05) is 18.3 Å². The Morgan fingerprint density at radius 1 is 1.10 bits per heavy atom. The zero-order chi connectivity index (χ0) is 28.0. The number of benzene rings is 2. The second-order valence-corrected chi connectivity index (χ2v) is 11.8. The lowest BCUT2D eigenvalue weighted by Crippen LogP contribution is -2.57. The Bertz CT molecular complexity index is 1340. The fraction of sp³-hybridized carbons (Fsp3) is 0.469. The molecule has 3 aliphatic heterocycles. The van der Waals surface area contributed by atoms with Crippen LogP contribution in [0, 0.1) is 24.7 Å². The van der Waals surface area contributed by atoms with Gasteiger partial charge in [-0.1, -0.05) is 56.2 Å². The molecular weight excluding hydrogens is 506 g/mol. The first-order valence-electron chi connectivity index (χ1n) is 14.3. The van der Waals surface area contributed by atoms with Crippen molar-refractivity contribution in [3.8, 4) is 5.75 Å². The van der Waals surface area contributed by atoms with Gasteiger partial charge in [-0.3, -0.25) is 14.4 Å². The van der Waals surface area contributed by atoms with Crippen molar-refractivity contribution in [2.75, 3.05) is 12.4 Å². The average molecular weight is 544 g/mol. The highest BCUT2D eigenvalue weighted by molar-refractivity contribution is 6.02. The molecule has 1 saturated carbocycles. The van der Waals surface area contributed by atoms with Gasteiger partial charge in [-0.05, 0) is 61.1 Å². The highest BCUT2D eigenvalue weighted by Gasteiger charge is 2.72. The molecule has 8 heteroatoms. The van der Waals surface area contributed by atoms with Crippen LogP contribution in [0.5, 0.6) is 5.75 Å². The van der Waals surface area contributed by atoms with E-state index in [-0.39, 0.29) is 30.3 Å². The summed E-state index contributed by atoms with van der Waals surface area (Å²) in [6, 6.07) is 14.2. The lowest BCUT2D eigenvalue weighted by Gasteiger charge is -2.36. The van der Waals surface area contributed by atoms with Crippen LogP contribution in [0.1, 0.15) is 43.7 Å². The SMILES string of the molecule is COc1ccc(CN2C(=O)C3C(C(=O)Nc4cccc(C)c4)C4C=CC3(O4)C2C(=O)NC2CCCCC2C)cc1. The lowest BCUT2D eigenvalue weighted by atomic mass is 9.74. The fourth-order valence-electron chi connectivity index (χ4n) is 7.11. The Morgan fingerprint density at radius 3 is 2.60 bits per heavy atom. The van der Waals surface area contributed by atoms with Crippen LogP contribution in [0.2, 0.25) is 0 Å². The van der Waals surface area contributed by atoms with Crippen molar-refractivity contribution in [2.24, 2.45) is 17.8 Å². The molecule has 2 bridgehead atoms. The Kier molecular flexibility index (Phi) is 6.90. The molecule has 2 aromatic carbocycles. The first kappa shape index (κ1) is 26.6. The van der Waals surface area contributed by atoms with Crippen LogP contribution in [-0.4, -0.2) is 53.5 Å². The Balaban J connectivity index is 1.32. The van der Waals surface area contributed by atoms with Gasteiger partial charge < -0.3 is 25.0 Å². The van der Waals surface area contributed by atoms with Crippen LogP contribution in [0.25, 0.3) is 0 Å². The summed E-state index contributed by atoms with van der Waals surface area (Å²) in [5, 5.41) is 6.27. The number of amides is 3. The summed E-state index contributed by atoms with van der Waals surface area (Å²) in [5.41, 5.74) is 1.38. The second kappa shape index (κ2) is 10.4. The number of anilines is 1. The van der Waals surface area contributed by atoms with E-state index in [1.165, 1.54) is 0 Å². The van der Waals surface area contributed by atoms with Gasteiger partial charge in [-0.25, -0.2) is 0 Å². The van der Waals surface area contributed by atoms with Gasteiger partial charge >= 0.3 is 0 Å². The minimum absolute atomic E-state index is 0.0534. The molecule has 4 aliphatic rings. The van der Waals surface area contributed by atoms with E-state index in [9.17, 15) is 14.4 Å². The molecule has 6 rings (SSSR count). The van der Waals surface area contributed by atoms with Crippen LogP contribution < -0.4 is 15.4 Å². The quantitative estimate of drug-likeness (QED) is 0.515. The van der Waals surface area contributed by atoms with Crippen molar-refractivity contribution in [3.05, 3.63) is 71.8 Å². The third-order valence-corrected chi connectivity index (χ3v) is 9.16. The molecule has 2 saturated heterocycles. The maximum Gasteiger partial charge on any atom is 0.246 e. The first-order valence-corrected chi connectivity index (χ1v) is 14.3. The standard InChI is InChI=1S/C32H37N3O5/c1-19-7-6-9-22(17-19)33-29(36)26-25-15-16-32(40-25)27(26)31(38)35(18-21-11-13-23(39-3)14-12-21)28(32)30(37)34-24-10-5-4-8-20(24)2/h6-7,9,11-17,20,24-28H,4-5,8,10,18H2,1-3H3,(H,33,36)(H,34,37). The molecule has 0 aromatic heterocycles. The molecule has 2 aromatic rings. The Labute approximate surface area is 235 Å². The van der Waals surface area contributed by atoms with E-state index in [1.807, 2.05) is 67.6 Å². The van der Waals surface area contributed by atoms with Crippen molar-refractivity contribution in [3.63, 3.8) is 0 Å². The zero-order valence-electron chi connectivity index (χ0n) is 23.3. The summed E-state index contributed by atoms with van der Waals surface area (Å²) in [6.07, 6.45) is 7.37. The molecular formula is C32H37N3O5. The summed E-state index contributed by atoms with van der Waals surface area (Å²) in [5.74, 6) is -1.16. The second-order valence-electron chi connectivity index (χ2n) is 11.8. The fourth-order valence-corrected chi connectivity index (χ4v) is 7.11. The summed E-state index contributed by atoms with van der Waals surface area (Å²) in [4.78, 5) is 43.6. The van der Waals surface area contributed by atoms with E-state index in [4.69, 9.17) is 9.47 Å². The number of carbonyl (C=O) groups is 3. The maximum atomic E-state index is 14.2.